The molecular weight excluding hydrogens is 1030 g/mol. The zero-order valence-corrected chi connectivity index (χ0v) is 62.0. The van der Waals surface area contributed by atoms with Crippen molar-refractivity contribution < 1.29 is 321 Å². The molecule has 0 spiro atoms. The van der Waals surface area contributed by atoms with Crippen LogP contribution >= 0.6 is 31.3 Å². The van der Waals surface area contributed by atoms with Crippen molar-refractivity contribution in [1.29, 1.82) is 0 Å². The summed E-state index contributed by atoms with van der Waals surface area (Å²) >= 11 is 0. The Balaban J connectivity index is -0.000000701. The number of hydrogen-bond acceptors (Lipinski definition) is 18. The van der Waals surface area contributed by atoms with Crippen molar-refractivity contribution in [3.05, 3.63) is 0 Å². The van der Waals surface area contributed by atoms with Crippen molar-refractivity contribution in [3.63, 3.8) is 0 Å². The number of unbranched alkanes of at least 4 members (excludes halogenated alkanes) is 22. The van der Waals surface area contributed by atoms with E-state index in [1.54, 1.807) is 0 Å². The van der Waals surface area contributed by atoms with Crippen LogP contribution in [-0.2, 0) is 45.8 Å². The minimum absolute atomic E-state index is 0. The predicted molar refractivity (Wildman–Crippen MR) is 200 cm³/mol. The van der Waals surface area contributed by atoms with Crippen molar-refractivity contribution in [3.8, 4) is 0 Å². The molecule has 1 aliphatic rings. The second kappa shape index (κ2) is 54.0. The molecule has 0 radical (unpaired) electrons. The van der Waals surface area contributed by atoms with Gasteiger partial charge in [-0.3, -0.25) is 0 Å². The Morgan fingerprint density at radius 2 is 0.697 bits per heavy atom. The first-order valence-corrected chi connectivity index (χ1v) is 27.1. The van der Waals surface area contributed by atoms with Gasteiger partial charge in [-0.1, -0.05) is 168 Å². The second-order valence-corrected chi connectivity index (χ2v) is 19.9. The van der Waals surface area contributed by atoms with E-state index in [2.05, 4.69) is 31.9 Å². The van der Waals surface area contributed by atoms with Crippen LogP contribution in [0.25, 0.3) is 0 Å². The van der Waals surface area contributed by atoms with E-state index in [0.717, 1.165) is 64.2 Å². The number of phosphoric acid groups is 4. The summed E-state index contributed by atoms with van der Waals surface area (Å²) in [5, 5.41) is 0. The molecule has 1 fully saturated rings. The molecule has 0 N–H and O–H groups in total. The third-order valence-electron chi connectivity index (χ3n) is 10.2. The summed E-state index contributed by atoms with van der Waals surface area (Å²) < 4.78 is 74.9. The van der Waals surface area contributed by atoms with Crippen molar-refractivity contribution in [2.24, 2.45) is 5.92 Å². The molecule has 66 heavy (non-hydrogen) atoms. The minimum atomic E-state index is -6.23. The number of hydrogen-bond donors (Lipinski definition) is 0. The number of rotatable bonds is 38. The van der Waals surface area contributed by atoms with Crippen molar-refractivity contribution in [2.75, 3.05) is 13.2 Å². The molecule has 1 heterocycles. The fourth-order valence-corrected chi connectivity index (χ4v) is 9.15. The maximum atomic E-state index is 11.8. The van der Waals surface area contributed by atoms with Gasteiger partial charge in [-0.25, -0.2) is 0 Å². The molecule has 0 aliphatic carbocycles. The predicted octanol–water partition coefficient (Wildman–Crippen LogP) is -20.0. The summed E-state index contributed by atoms with van der Waals surface area (Å²) in [4.78, 5) is 92.8. The SMILES string of the molecule is CCCCCCCCCCCCCCC(CCCCCCCCCCCCCC)CO[C@@H]1O[C@H](COP(=O)([O-])[O-])[C@H](OP(=O)([O-])[O-])[C@H](OP(=O)([O-])[O-])[C@H]1OP(=O)([O-])[O-].[Na+].[Na+].[Na+].[Na+].[Na+].[Na+].[Na+].[Na+]. The molecule has 0 unspecified atom stereocenters. The molecule has 1 rings (SSSR count). The third kappa shape index (κ3) is 54.3. The summed E-state index contributed by atoms with van der Waals surface area (Å²) in [6.07, 6.45) is 16.3. The molecule has 1 saturated heterocycles. The third-order valence-corrected chi connectivity index (χ3v) is 12.1. The van der Waals surface area contributed by atoms with E-state index in [4.69, 9.17) is 9.47 Å². The van der Waals surface area contributed by atoms with Crippen LogP contribution in [0.4, 0.5) is 0 Å². The van der Waals surface area contributed by atoms with E-state index in [1.807, 2.05) is 0 Å². The van der Waals surface area contributed by atoms with Crippen LogP contribution in [0.3, 0.4) is 0 Å². The van der Waals surface area contributed by atoms with E-state index < -0.39 is 68.6 Å². The second-order valence-electron chi connectivity index (χ2n) is 15.4. The van der Waals surface area contributed by atoms with Crippen LogP contribution in [0.5, 0.6) is 0 Å². The number of ether oxygens (including phenoxy) is 2. The molecule has 0 amide bonds. The molecule has 5 atom stereocenters. The maximum Gasteiger partial charge on any atom is 1.00 e. The fourth-order valence-electron chi connectivity index (χ4n) is 7.21. The standard InChI is InChI=1S/C36H76O18P4.8Na/c1-3-5-7-9-11-13-15-17-19-21-23-25-27-31(28-26-24-22-20-18-16-14-12-10-8-6-4-2)29-49-36-35(54-58(46,47)48)34(53-57(43,44)45)33(52-56(40,41)42)32(51-36)30-50-55(37,38)39;;;;;;;;/h31-36H,3-30H2,1-2H3,(H2,37,38,39)(H2,40,41,42)(H2,43,44,45)(H2,46,47,48);;;;;;;;/q;8*+1/p-8/t32-,33+,34+,35-,36-;;;;;;;;/m1......../s1. The Morgan fingerprint density at radius 3 is 1.00 bits per heavy atom. The Hall–Kier alpha value is 8.36. The monoisotopic (exact) mass is 1100 g/mol. The maximum absolute atomic E-state index is 11.8. The number of phosphoric ester groups is 4. The Bertz CT molecular complexity index is 1230. The summed E-state index contributed by atoms with van der Waals surface area (Å²) in [5.74, 6) is -0.193. The van der Waals surface area contributed by atoms with Crippen LogP contribution in [0.1, 0.15) is 181 Å². The van der Waals surface area contributed by atoms with Gasteiger partial charge in [-0.15, -0.1) is 0 Å². The Kier molecular flexibility index (Phi) is 74.3. The van der Waals surface area contributed by atoms with Gasteiger partial charge in [0.05, 0.1) is 44.5 Å². The van der Waals surface area contributed by atoms with Crippen LogP contribution in [0, 0.1) is 5.92 Å². The smallest absolute Gasteiger partial charge is 0.790 e. The zero-order chi connectivity index (χ0) is 43.5. The van der Waals surface area contributed by atoms with Crippen molar-refractivity contribution in [1.82, 2.24) is 0 Å². The van der Waals surface area contributed by atoms with Crippen LogP contribution < -0.4 is 276 Å². The molecule has 348 valence electrons. The van der Waals surface area contributed by atoms with Gasteiger partial charge in [0.15, 0.2) is 6.29 Å². The van der Waals surface area contributed by atoms with E-state index in [9.17, 15) is 57.4 Å². The van der Waals surface area contributed by atoms with Crippen molar-refractivity contribution >= 4 is 31.3 Å². The van der Waals surface area contributed by atoms with E-state index >= 15 is 0 Å². The van der Waals surface area contributed by atoms with Crippen LogP contribution in [0.15, 0.2) is 0 Å². The summed E-state index contributed by atoms with van der Waals surface area (Å²) in [6.45, 7) is 2.76. The summed E-state index contributed by atoms with van der Waals surface area (Å²) in [5.41, 5.74) is 0. The fraction of sp³-hybridized carbons (Fsp3) is 1.00. The summed E-state index contributed by atoms with van der Waals surface area (Å²) in [7, 11) is -24.4. The average molecular weight is 1100 g/mol. The van der Waals surface area contributed by atoms with Crippen molar-refractivity contribution in [2.45, 2.75) is 211 Å². The summed E-state index contributed by atoms with van der Waals surface area (Å²) in [6, 6.07) is 0. The van der Waals surface area contributed by atoms with Gasteiger partial charge in [0.1, 0.15) is 24.4 Å². The topological polar surface area (TPSA) is 308 Å². The molecule has 0 bridgehead atoms. The van der Waals surface area contributed by atoms with Gasteiger partial charge in [0, 0.05) is 0 Å². The normalized spacial score (nSPS) is 18.4. The van der Waals surface area contributed by atoms with Gasteiger partial charge in [0.2, 0.25) is 0 Å². The Labute approximate surface area is 573 Å². The van der Waals surface area contributed by atoms with E-state index in [0.29, 0.717) is 12.8 Å². The van der Waals surface area contributed by atoms with Gasteiger partial charge in [-0.2, -0.15) is 0 Å². The molecule has 0 aromatic rings. The van der Waals surface area contributed by atoms with E-state index in [1.165, 1.54) is 89.9 Å². The van der Waals surface area contributed by atoms with E-state index in [-0.39, 0.29) is 249 Å². The first kappa shape index (κ1) is 90.9. The average Bonchev–Trinajstić information content (AvgIpc) is 3.10. The van der Waals surface area contributed by atoms with Gasteiger partial charge in [0.25, 0.3) is 0 Å². The Morgan fingerprint density at radius 1 is 0.409 bits per heavy atom. The first-order valence-electron chi connectivity index (χ1n) is 21.3. The van der Waals surface area contributed by atoms with Crippen LogP contribution in [-0.4, -0.2) is 43.9 Å². The molecular formula is C36H68Na8O18P4. The molecule has 18 nitrogen and oxygen atoms in total. The minimum Gasteiger partial charge on any atom is -0.790 e. The largest absolute Gasteiger partial charge is 1.00 e. The van der Waals surface area contributed by atoms with Gasteiger partial charge in [-0.05, 0) is 18.8 Å². The van der Waals surface area contributed by atoms with Gasteiger partial charge >= 0.3 is 236 Å². The molecule has 1 aliphatic heterocycles. The molecule has 0 saturated carbocycles. The molecule has 0 aromatic carbocycles. The first-order chi connectivity index (χ1) is 27.2. The van der Waals surface area contributed by atoms with Gasteiger partial charge < -0.3 is 85.0 Å². The zero-order valence-electron chi connectivity index (χ0n) is 42.4. The molecule has 30 heteroatoms. The quantitative estimate of drug-likeness (QED) is 0.0315. The molecule has 0 aromatic heterocycles. The van der Waals surface area contributed by atoms with Crippen LogP contribution in [0.2, 0.25) is 0 Å².